The van der Waals surface area contributed by atoms with Crippen molar-refractivity contribution < 1.29 is 8.78 Å². The van der Waals surface area contributed by atoms with Crippen molar-refractivity contribution in [1.82, 2.24) is 20.4 Å². The molecular formula is C21H31F2IN6. The van der Waals surface area contributed by atoms with Gasteiger partial charge in [0.2, 0.25) is 0 Å². The average molecular weight is 532 g/mol. The Morgan fingerprint density at radius 2 is 2.00 bits per heavy atom. The Labute approximate surface area is 194 Å². The van der Waals surface area contributed by atoms with Crippen LogP contribution in [-0.2, 0) is 6.54 Å². The van der Waals surface area contributed by atoms with Gasteiger partial charge in [0, 0.05) is 44.5 Å². The zero-order chi connectivity index (χ0) is 20.8. The molecule has 1 unspecified atom stereocenters. The number of para-hydroxylation sites is 1. The SMILES string of the molecule is CCNC(=NCCCn1nc(C)cc1C)NC1CCN(c2c(F)cccc2F)C1.I. The molecule has 2 aromatic rings. The minimum atomic E-state index is -0.518. The number of rotatable bonds is 7. The number of aromatic nitrogens is 2. The highest BCUT2D eigenvalue weighted by molar-refractivity contribution is 14.0. The number of hydrogen-bond acceptors (Lipinski definition) is 3. The maximum Gasteiger partial charge on any atom is 0.191 e. The van der Waals surface area contributed by atoms with E-state index in [1.54, 1.807) is 4.90 Å². The van der Waals surface area contributed by atoms with Gasteiger partial charge in [-0.25, -0.2) is 8.78 Å². The highest BCUT2D eigenvalue weighted by Crippen LogP contribution is 2.26. The van der Waals surface area contributed by atoms with Gasteiger partial charge in [0.25, 0.3) is 0 Å². The molecule has 0 spiro atoms. The topological polar surface area (TPSA) is 57.5 Å². The van der Waals surface area contributed by atoms with Gasteiger partial charge in [-0.15, -0.1) is 24.0 Å². The minimum Gasteiger partial charge on any atom is -0.365 e. The first kappa shape index (κ1) is 24.4. The van der Waals surface area contributed by atoms with Gasteiger partial charge >= 0.3 is 0 Å². The number of aryl methyl sites for hydroxylation is 3. The third-order valence-corrected chi connectivity index (χ3v) is 5.03. The molecule has 2 N–H and O–H groups in total. The van der Waals surface area contributed by atoms with Crippen LogP contribution >= 0.6 is 24.0 Å². The summed E-state index contributed by atoms with van der Waals surface area (Å²) in [6, 6.07) is 6.14. The van der Waals surface area contributed by atoms with E-state index in [2.05, 4.69) is 33.7 Å². The predicted octanol–water partition coefficient (Wildman–Crippen LogP) is 3.62. The Bertz CT molecular complexity index is 834. The van der Waals surface area contributed by atoms with Crippen LogP contribution in [0.4, 0.5) is 14.5 Å². The number of aliphatic imine (C=N–C) groups is 1. The van der Waals surface area contributed by atoms with Gasteiger partial charge in [-0.2, -0.15) is 5.10 Å². The molecule has 3 rings (SSSR count). The molecule has 1 saturated heterocycles. The van der Waals surface area contributed by atoms with Gasteiger partial charge in [-0.3, -0.25) is 9.67 Å². The van der Waals surface area contributed by atoms with Crippen LogP contribution in [0.15, 0.2) is 29.3 Å². The van der Waals surface area contributed by atoms with Gasteiger partial charge in [-0.05, 0) is 51.8 Å². The van der Waals surface area contributed by atoms with Crippen LogP contribution in [0.3, 0.4) is 0 Å². The van der Waals surface area contributed by atoms with Crippen LogP contribution < -0.4 is 15.5 Å². The highest BCUT2D eigenvalue weighted by atomic mass is 127. The number of nitrogens with zero attached hydrogens (tertiary/aromatic N) is 4. The van der Waals surface area contributed by atoms with Crippen molar-refractivity contribution in [3.63, 3.8) is 0 Å². The fourth-order valence-electron chi connectivity index (χ4n) is 3.70. The summed E-state index contributed by atoms with van der Waals surface area (Å²) in [6.07, 6.45) is 1.68. The summed E-state index contributed by atoms with van der Waals surface area (Å²) >= 11 is 0. The van der Waals surface area contributed by atoms with Gasteiger partial charge < -0.3 is 15.5 Å². The summed E-state index contributed by atoms with van der Waals surface area (Å²) in [4.78, 5) is 6.41. The number of halogens is 3. The average Bonchev–Trinajstić information content (AvgIpc) is 3.24. The molecular weight excluding hydrogens is 501 g/mol. The molecule has 1 fully saturated rings. The van der Waals surface area contributed by atoms with Gasteiger partial charge in [-0.1, -0.05) is 6.07 Å². The standard InChI is InChI=1S/C21H30F2N6.HI/c1-4-24-21(25-10-6-11-29-16(3)13-15(2)27-29)26-17-9-12-28(14-17)20-18(22)7-5-8-19(20)23;/h5,7-8,13,17H,4,6,9-12,14H2,1-3H3,(H2,24,25,26);1H. The third kappa shape index (κ3) is 6.29. The van der Waals surface area contributed by atoms with Gasteiger partial charge in [0.15, 0.2) is 5.96 Å². The van der Waals surface area contributed by atoms with E-state index in [1.165, 1.54) is 18.2 Å². The lowest BCUT2D eigenvalue weighted by Gasteiger charge is -2.21. The molecule has 1 aliphatic rings. The third-order valence-electron chi connectivity index (χ3n) is 5.03. The van der Waals surface area contributed by atoms with Crippen LogP contribution in [0.1, 0.15) is 31.2 Å². The Kier molecular flexibility index (Phi) is 9.32. The maximum absolute atomic E-state index is 14.0. The van der Waals surface area contributed by atoms with E-state index in [0.29, 0.717) is 19.6 Å². The summed E-state index contributed by atoms with van der Waals surface area (Å²) in [5.41, 5.74) is 2.24. The van der Waals surface area contributed by atoms with E-state index in [1.807, 2.05) is 18.5 Å². The van der Waals surface area contributed by atoms with E-state index >= 15 is 0 Å². The van der Waals surface area contributed by atoms with Crippen LogP contribution in [0, 0.1) is 25.5 Å². The molecule has 1 aromatic carbocycles. The molecule has 0 bridgehead atoms. The highest BCUT2D eigenvalue weighted by Gasteiger charge is 2.27. The monoisotopic (exact) mass is 532 g/mol. The van der Waals surface area contributed by atoms with E-state index < -0.39 is 11.6 Å². The fourth-order valence-corrected chi connectivity index (χ4v) is 3.70. The molecule has 6 nitrogen and oxygen atoms in total. The minimum absolute atomic E-state index is 0. The van der Waals surface area contributed by atoms with Crippen LogP contribution in [0.2, 0.25) is 0 Å². The number of benzene rings is 1. The lowest BCUT2D eigenvalue weighted by molar-refractivity contribution is 0.565. The Morgan fingerprint density at radius 1 is 1.27 bits per heavy atom. The fraction of sp³-hybridized carbons (Fsp3) is 0.524. The summed E-state index contributed by atoms with van der Waals surface area (Å²) in [7, 11) is 0. The summed E-state index contributed by atoms with van der Waals surface area (Å²) in [5, 5.41) is 11.1. The molecule has 0 saturated carbocycles. The second kappa shape index (κ2) is 11.5. The number of guanidine groups is 1. The summed E-state index contributed by atoms with van der Waals surface area (Å²) in [6.45, 7) is 9.45. The first-order valence-corrected chi connectivity index (χ1v) is 10.2. The first-order chi connectivity index (χ1) is 14.0. The Morgan fingerprint density at radius 3 is 2.63 bits per heavy atom. The number of anilines is 1. The lowest BCUT2D eigenvalue weighted by Crippen LogP contribution is -2.44. The molecule has 9 heteroatoms. The smallest absolute Gasteiger partial charge is 0.191 e. The van der Waals surface area contributed by atoms with Crippen molar-refractivity contribution in [3.8, 4) is 0 Å². The largest absolute Gasteiger partial charge is 0.365 e. The molecule has 1 atom stereocenters. The number of hydrogen-bond donors (Lipinski definition) is 2. The van der Waals surface area contributed by atoms with Crippen LogP contribution in [-0.4, -0.2) is 48.0 Å². The lowest BCUT2D eigenvalue weighted by atomic mass is 10.2. The molecule has 0 radical (unpaired) electrons. The Hall–Kier alpha value is -1.91. The van der Waals surface area contributed by atoms with Gasteiger partial charge in [0.1, 0.15) is 17.3 Å². The van der Waals surface area contributed by atoms with E-state index in [-0.39, 0.29) is 35.7 Å². The second-order valence-electron chi connectivity index (χ2n) is 7.41. The van der Waals surface area contributed by atoms with Crippen molar-refractivity contribution in [1.29, 1.82) is 0 Å². The molecule has 2 heterocycles. The molecule has 166 valence electrons. The first-order valence-electron chi connectivity index (χ1n) is 10.2. The maximum atomic E-state index is 14.0. The normalized spacial score (nSPS) is 16.5. The van der Waals surface area contributed by atoms with Gasteiger partial charge in [0.05, 0.1) is 5.69 Å². The predicted molar refractivity (Wildman–Crippen MR) is 128 cm³/mol. The van der Waals surface area contributed by atoms with Crippen molar-refractivity contribution in [2.24, 2.45) is 4.99 Å². The molecule has 0 aliphatic carbocycles. The summed E-state index contributed by atoms with van der Waals surface area (Å²) < 4.78 is 30.1. The Balaban J connectivity index is 0.00000320. The van der Waals surface area contributed by atoms with Crippen molar-refractivity contribution in [2.45, 2.75) is 46.2 Å². The van der Waals surface area contributed by atoms with Crippen LogP contribution in [0.25, 0.3) is 0 Å². The summed E-state index contributed by atoms with van der Waals surface area (Å²) in [5.74, 6) is -0.299. The molecule has 0 amide bonds. The zero-order valence-corrected chi connectivity index (χ0v) is 20.1. The molecule has 1 aliphatic heterocycles. The number of nitrogens with one attached hydrogen (secondary N) is 2. The quantitative estimate of drug-likeness (QED) is 0.248. The van der Waals surface area contributed by atoms with Crippen molar-refractivity contribution in [2.75, 3.05) is 31.1 Å². The van der Waals surface area contributed by atoms with Crippen molar-refractivity contribution >= 4 is 35.6 Å². The van der Waals surface area contributed by atoms with E-state index in [0.717, 1.165) is 43.3 Å². The van der Waals surface area contributed by atoms with Crippen molar-refractivity contribution in [3.05, 3.63) is 47.3 Å². The van der Waals surface area contributed by atoms with E-state index in [9.17, 15) is 8.78 Å². The van der Waals surface area contributed by atoms with E-state index in [4.69, 9.17) is 0 Å². The molecule has 1 aromatic heterocycles. The second-order valence-corrected chi connectivity index (χ2v) is 7.41. The zero-order valence-electron chi connectivity index (χ0n) is 17.8. The molecule has 30 heavy (non-hydrogen) atoms. The van der Waals surface area contributed by atoms with Crippen LogP contribution in [0.5, 0.6) is 0 Å².